The second kappa shape index (κ2) is 4.84. The fraction of sp³-hybridized carbons (Fsp3) is 0.571. The number of hydrogen-bond acceptors (Lipinski definition) is 2. The van der Waals surface area contributed by atoms with Crippen LogP contribution in [-0.4, -0.2) is 19.7 Å². The molecule has 1 N–H and O–H groups in total. The molecule has 1 fully saturated rings. The summed E-state index contributed by atoms with van der Waals surface area (Å²) in [5.41, 5.74) is 1.14. The van der Waals surface area contributed by atoms with Crippen LogP contribution in [0.25, 0.3) is 0 Å². The van der Waals surface area contributed by atoms with Crippen molar-refractivity contribution in [3.63, 3.8) is 0 Å². The van der Waals surface area contributed by atoms with Gasteiger partial charge in [-0.3, -0.25) is 0 Å². The van der Waals surface area contributed by atoms with Gasteiger partial charge in [-0.2, -0.15) is 0 Å². The van der Waals surface area contributed by atoms with E-state index in [2.05, 4.69) is 5.32 Å². The van der Waals surface area contributed by atoms with Crippen molar-refractivity contribution in [2.45, 2.75) is 25.7 Å². The number of hydrogen-bond donors (Lipinski definition) is 1. The summed E-state index contributed by atoms with van der Waals surface area (Å²) in [6.45, 7) is 2.43. The maximum atomic E-state index is 13.9. The van der Waals surface area contributed by atoms with Crippen LogP contribution >= 0.6 is 0 Å². The first-order chi connectivity index (χ1) is 8.75. The van der Waals surface area contributed by atoms with Crippen LogP contribution < -0.4 is 10.1 Å². The SMILES string of the molecule is Fc1cc(F)c(CC2CCNCC2)c2c1CCO2. The molecule has 0 radical (unpaired) electrons. The summed E-state index contributed by atoms with van der Waals surface area (Å²) in [6, 6.07) is 1.02. The second-order valence-corrected chi connectivity index (χ2v) is 5.12. The molecule has 3 rings (SSSR count). The maximum Gasteiger partial charge on any atom is 0.133 e. The number of rotatable bonds is 2. The zero-order valence-electron chi connectivity index (χ0n) is 10.3. The molecule has 18 heavy (non-hydrogen) atoms. The first-order valence-corrected chi connectivity index (χ1v) is 6.59. The Morgan fingerprint density at radius 1 is 1.22 bits per heavy atom. The van der Waals surface area contributed by atoms with Crippen molar-refractivity contribution < 1.29 is 13.5 Å². The van der Waals surface area contributed by atoms with Gasteiger partial charge in [0.2, 0.25) is 0 Å². The van der Waals surface area contributed by atoms with Crippen LogP contribution in [0.4, 0.5) is 8.78 Å². The van der Waals surface area contributed by atoms with E-state index in [-0.39, 0.29) is 0 Å². The molecule has 0 amide bonds. The topological polar surface area (TPSA) is 21.3 Å². The lowest BCUT2D eigenvalue weighted by Gasteiger charge is -2.23. The fourth-order valence-electron chi connectivity index (χ4n) is 2.91. The Balaban J connectivity index is 1.89. The molecule has 4 heteroatoms. The molecule has 0 unspecified atom stereocenters. The Morgan fingerprint density at radius 3 is 2.78 bits per heavy atom. The van der Waals surface area contributed by atoms with Crippen molar-refractivity contribution in [1.82, 2.24) is 5.32 Å². The highest BCUT2D eigenvalue weighted by molar-refractivity contribution is 5.46. The molecule has 1 aromatic carbocycles. The van der Waals surface area contributed by atoms with E-state index < -0.39 is 11.6 Å². The zero-order chi connectivity index (χ0) is 12.5. The van der Waals surface area contributed by atoms with Gasteiger partial charge in [-0.15, -0.1) is 0 Å². The van der Waals surface area contributed by atoms with Crippen molar-refractivity contribution in [1.29, 1.82) is 0 Å². The molecule has 2 aliphatic rings. The summed E-state index contributed by atoms with van der Waals surface area (Å²) in [6.07, 6.45) is 3.31. The van der Waals surface area contributed by atoms with Crippen LogP contribution in [0.3, 0.4) is 0 Å². The number of ether oxygens (including phenoxy) is 1. The van der Waals surface area contributed by atoms with E-state index in [0.717, 1.165) is 32.0 Å². The number of halogens is 2. The van der Waals surface area contributed by atoms with Gasteiger partial charge in [0.1, 0.15) is 17.4 Å². The third kappa shape index (κ3) is 2.09. The van der Waals surface area contributed by atoms with E-state index in [4.69, 9.17) is 4.74 Å². The maximum absolute atomic E-state index is 13.9. The predicted molar refractivity (Wildman–Crippen MR) is 64.9 cm³/mol. The van der Waals surface area contributed by atoms with Gasteiger partial charge in [0, 0.05) is 23.6 Å². The summed E-state index contributed by atoms with van der Waals surface area (Å²) >= 11 is 0. The van der Waals surface area contributed by atoms with Gasteiger partial charge < -0.3 is 10.1 Å². The molecule has 0 saturated carbocycles. The summed E-state index contributed by atoms with van der Waals surface area (Å²) in [5.74, 6) is 0.0336. The van der Waals surface area contributed by atoms with Crippen molar-refractivity contribution in [3.05, 3.63) is 28.8 Å². The third-order valence-corrected chi connectivity index (χ3v) is 3.93. The molecule has 98 valence electrons. The van der Waals surface area contributed by atoms with E-state index in [1.165, 1.54) is 0 Å². The Bertz CT molecular complexity index is 456. The average Bonchev–Trinajstić information content (AvgIpc) is 2.85. The molecule has 2 aliphatic heterocycles. The minimum absolute atomic E-state index is 0.452. The van der Waals surface area contributed by atoms with Gasteiger partial charge in [0.15, 0.2) is 0 Å². The Morgan fingerprint density at radius 2 is 2.00 bits per heavy atom. The first-order valence-electron chi connectivity index (χ1n) is 6.59. The molecule has 0 aromatic heterocycles. The van der Waals surface area contributed by atoms with Gasteiger partial charge in [0.05, 0.1) is 6.61 Å². The van der Waals surface area contributed by atoms with Crippen LogP contribution in [0.5, 0.6) is 5.75 Å². The lowest BCUT2D eigenvalue weighted by Crippen LogP contribution is -2.28. The van der Waals surface area contributed by atoms with Crippen LogP contribution in [0.2, 0.25) is 0 Å². The summed E-state index contributed by atoms with van der Waals surface area (Å²) in [5, 5.41) is 3.29. The molecule has 0 atom stereocenters. The smallest absolute Gasteiger partial charge is 0.133 e. The number of benzene rings is 1. The van der Waals surface area contributed by atoms with Gasteiger partial charge in [-0.1, -0.05) is 0 Å². The largest absolute Gasteiger partial charge is 0.492 e. The number of fused-ring (bicyclic) bond motifs is 1. The van der Waals surface area contributed by atoms with Crippen LogP contribution in [0.1, 0.15) is 24.0 Å². The summed E-state index contributed by atoms with van der Waals surface area (Å²) < 4.78 is 32.9. The van der Waals surface area contributed by atoms with Gasteiger partial charge in [-0.25, -0.2) is 8.78 Å². The Labute approximate surface area is 105 Å². The van der Waals surface area contributed by atoms with E-state index in [1.807, 2.05) is 0 Å². The van der Waals surface area contributed by atoms with Crippen molar-refractivity contribution >= 4 is 0 Å². The molecule has 1 aromatic rings. The van der Waals surface area contributed by atoms with Gasteiger partial charge in [0.25, 0.3) is 0 Å². The lowest BCUT2D eigenvalue weighted by molar-refractivity contribution is 0.335. The molecule has 1 saturated heterocycles. The molecule has 2 nitrogen and oxygen atoms in total. The number of piperidine rings is 1. The Hall–Kier alpha value is -1.16. The summed E-state index contributed by atoms with van der Waals surface area (Å²) in [7, 11) is 0. The second-order valence-electron chi connectivity index (χ2n) is 5.12. The van der Waals surface area contributed by atoms with E-state index in [1.54, 1.807) is 0 Å². The van der Waals surface area contributed by atoms with Crippen molar-refractivity contribution in [3.8, 4) is 5.75 Å². The highest BCUT2D eigenvalue weighted by Gasteiger charge is 2.26. The minimum Gasteiger partial charge on any atom is -0.492 e. The molecule has 0 spiro atoms. The minimum atomic E-state index is -0.464. The third-order valence-electron chi connectivity index (χ3n) is 3.93. The molecular weight excluding hydrogens is 236 g/mol. The molecule has 0 aliphatic carbocycles. The molecule has 0 bridgehead atoms. The van der Waals surface area contributed by atoms with Gasteiger partial charge in [-0.05, 0) is 38.3 Å². The Kier molecular flexibility index (Phi) is 3.20. The fourth-order valence-corrected chi connectivity index (χ4v) is 2.91. The van der Waals surface area contributed by atoms with Crippen LogP contribution in [0, 0.1) is 17.6 Å². The van der Waals surface area contributed by atoms with Crippen molar-refractivity contribution in [2.75, 3.05) is 19.7 Å². The van der Waals surface area contributed by atoms with Crippen LogP contribution in [-0.2, 0) is 12.8 Å². The quantitative estimate of drug-likeness (QED) is 0.874. The van der Waals surface area contributed by atoms with Gasteiger partial charge >= 0.3 is 0 Å². The highest BCUT2D eigenvalue weighted by atomic mass is 19.1. The number of nitrogens with one attached hydrogen (secondary N) is 1. The van der Waals surface area contributed by atoms with Crippen LogP contribution in [0.15, 0.2) is 6.07 Å². The van der Waals surface area contributed by atoms with E-state index in [0.29, 0.717) is 42.2 Å². The monoisotopic (exact) mass is 253 g/mol. The molecular formula is C14H17F2NO. The standard InChI is InChI=1S/C14H17F2NO/c15-12-8-13(16)11(14-10(12)3-6-18-14)7-9-1-4-17-5-2-9/h8-9,17H,1-7H2. The average molecular weight is 253 g/mol. The van der Waals surface area contributed by atoms with Crippen molar-refractivity contribution in [2.24, 2.45) is 5.92 Å². The first kappa shape index (κ1) is 11.9. The predicted octanol–water partition coefficient (Wildman–Crippen LogP) is 2.44. The van der Waals surface area contributed by atoms with E-state index in [9.17, 15) is 8.78 Å². The summed E-state index contributed by atoms with van der Waals surface area (Å²) in [4.78, 5) is 0. The zero-order valence-corrected chi connectivity index (χ0v) is 10.3. The molecule has 2 heterocycles. The highest BCUT2D eigenvalue weighted by Crippen LogP contribution is 2.36. The van der Waals surface area contributed by atoms with E-state index >= 15 is 0 Å². The lowest BCUT2D eigenvalue weighted by atomic mass is 9.89. The normalized spacial score (nSPS) is 19.7.